The minimum absolute atomic E-state index is 0.112. The Morgan fingerprint density at radius 3 is 2.63 bits per heavy atom. The van der Waals surface area contributed by atoms with E-state index >= 15 is 0 Å². The molecule has 0 saturated carbocycles. The second-order valence-electron chi connectivity index (χ2n) is 7.72. The van der Waals surface area contributed by atoms with E-state index in [0.29, 0.717) is 6.54 Å². The van der Waals surface area contributed by atoms with Gasteiger partial charge in [-0.25, -0.2) is 4.98 Å². The van der Waals surface area contributed by atoms with E-state index in [1.807, 2.05) is 16.7 Å². The second-order valence-corrected chi connectivity index (χ2v) is 7.72. The fourth-order valence-corrected chi connectivity index (χ4v) is 4.19. The van der Waals surface area contributed by atoms with Crippen molar-refractivity contribution in [3.8, 4) is 0 Å². The molecule has 27 heavy (non-hydrogen) atoms. The van der Waals surface area contributed by atoms with Gasteiger partial charge in [0.25, 0.3) is 5.56 Å². The molecule has 0 bridgehead atoms. The topological polar surface area (TPSA) is 41.4 Å². The van der Waals surface area contributed by atoms with Gasteiger partial charge in [-0.05, 0) is 57.5 Å². The van der Waals surface area contributed by atoms with Crippen molar-refractivity contribution in [2.24, 2.45) is 0 Å². The van der Waals surface area contributed by atoms with E-state index in [-0.39, 0.29) is 11.6 Å². The molecule has 1 aliphatic rings. The highest BCUT2D eigenvalue weighted by Gasteiger charge is 2.26. The predicted molar refractivity (Wildman–Crippen MR) is 112 cm³/mol. The van der Waals surface area contributed by atoms with Crippen LogP contribution in [0.2, 0.25) is 0 Å². The van der Waals surface area contributed by atoms with Gasteiger partial charge in [0.15, 0.2) is 0 Å². The number of hydrogen-bond acceptors (Lipinski definition) is 4. The molecule has 1 atom stereocenters. The summed E-state index contributed by atoms with van der Waals surface area (Å²) in [6.45, 7) is 11.4. The van der Waals surface area contributed by atoms with Crippen molar-refractivity contribution in [2.45, 2.75) is 59.0 Å². The van der Waals surface area contributed by atoms with Crippen molar-refractivity contribution in [1.29, 1.82) is 0 Å². The molecule has 0 aliphatic carbocycles. The Bertz CT molecular complexity index is 829. The zero-order valence-corrected chi connectivity index (χ0v) is 17.4. The Labute approximate surface area is 163 Å². The maximum Gasteiger partial charge on any atom is 0.261 e. The highest BCUT2D eigenvalue weighted by atomic mass is 16.1. The molecule has 0 amide bonds. The maximum absolute atomic E-state index is 13.3. The van der Waals surface area contributed by atoms with Crippen molar-refractivity contribution in [1.82, 2.24) is 19.4 Å². The molecule has 1 aliphatic heterocycles. The summed E-state index contributed by atoms with van der Waals surface area (Å²) < 4.78 is 1.91. The monoisotopic (exact) mass is 370 g/mol. The van der Waals surface area contributed by atoms with E-state index in [1.54, 1.807) is 0 Å². The van der Waals surface area contributed by atoms with Gasteiger partial charge in [-0.3, -0.25) is 14.3 Å². The first-order valence-corrected chi connectivity index (χ1v) is 10.5. The van der Waals surface area contributed by atoms with Crippen LogP contribution in [0.4, 0.5) is 0 Å². The summed E-state index contributed by atoms with van der Waals surface area (Å²) in [5.41, 5.74) is 2.14. The standard InChI is InChI=1S/C22H34N4O/c1-5-9-20(25-13-8-12-24(4)14-15-25)21-23-19-11-10-17(6-2)16-18(19)22(27)26(21)7-3/h10-11,16,20H,5-9,12-15H2,1-4H3/t20-/m0/s1. The highest BCUT2D eigenvalue weighted by molar-refractivity contribution is 5.78. The van der Waals surface area contributed by atoms with Crippen molar-refractivity contribution in [3.05, 3.63) is 39.9 Å². The maximum atomic E-state index is 13.3. The molecule has 2 heterocycles. The third-order valence-electron chi connectivity index (χ3n) is 5.83. The van der Waals surface area contributed by atoms with Gasteiger partial charge >= 0.3 is 0 Å². The van der Waals surface area contributed by atoms with Crippen LogP contribution in [0.1, 0.15) is 57.5 Å². The molecule has 1 aromatic heterocycles. The molecule has 0 radical (unpaired) electrons. The second kappa shape index (κ2) is 8.98. The van der Waals surface area contributed by atoms with Crippen LogP contribution >= 0.6 is 0 Å². The van der Waals surface area contributed by atoms with E-state index in [9.17, 15) is 4.79 Å². The van der Waals surface area contributed by atoms with Crippen LogP contribution in [0, 0.1) is 0 Å². The predicted octanol–water partition coefficient (Wildman–Crippen LogP) is 3.46. The molecule has 2 aromatic rings. The quantitative estimate of drug-likeness (QED) is 0.781. The van der Waals surface area contributed by atoms with Crippen molar-refractivity contribution >= 4 is 10.9 Å². The lowest BCUT2D eigenvalue weighted by Gasteiger charge is -2.31. The Morgan fingerprint density at radius 2 is 1.93 bits per heavy atom. The lowest BCUT2D eigenvalue weighted by molar-refractivity contribution is 0.180. The van der Waals surface area contributed by atoms with Gasteiger partial charge in [-0.2, -0.15) is 0 Å². The number of benzene rings is 1. The summed E-state index contributed by atoms with van der Waals surface area (Å²) >= 11 is 0. The number of aromatic nitrogens is 2. The smallest absolute Gasteiger partial charge is 0.261 e. The number of hydrogen-bond donors (Lipinski definition) is 0. The van der Waals surface area contributed by atoms with Crippen molar-refractivity contribution in [3.63, 3.8) is 0 Å². The van der Waals surface area contributed by atoms with Crippen LogP contribution in [0.25, 0.3) is 10.9 Å². The van der Waals surface area contributed by atoms with Crippen LogP contribution in [0.5, 0.6) is 0 Å². The molecule has 148 valence electrons. The number of rotatable bonds is 6. The normalized spacial score (nSPS) is 17.9. The number of nitrogens with zero attached hydrogens (tertiary/aromatic N) is 4. The first kappa shape index (κ1) is 20.0. The molecular weight excluding hydrogens is 336 g/mol. The average molecular weight is 371 g/mol. The van der Waals surface area contributed by atoms with Crippen LogP contribution in [0.3, 0.4) is 0 Å². The largest absolute Gasteiger partial charge is 0.305 e. The fraction of sp³-hybridized carbons (Fsp3) is 0.636. The lowest BCUT2D eigenvalue weighted by Crippen LogP contribution is -2.37. The molecule has 1 saturated heterocycles. The van der Waals surface area contributed by atoms with Gasteiger partial charge in [0, 0.05) is 26.2 Å². The minimum Gasteiger partial charge on any atom is -0.305 e. The van der Waals surface area contributed by atoms with E-state index in [0.717, 1.165) is 62.2 Å². The highest BCUT2D eigenvalue weighted by Crippen LogP contribution is 2.26. The average Bonchev–Trinajstić information content (AvgIpc) is 2.90. The zero-order valence-electron chi connectivity index (χ0n) is 17.4. The van der Waals surface area contributed by atoms with Gasteiger partial charge in [0.1, 0.15) is 5.82 Å². The SMILES string of the molecule is CCC[C@@H](c1nc2ccc(CC)cc2c(=O)n1CC)N1CCCN(C)CC1. The Kier molecular flexibility index (Phi) is 6.66. The molecule has 5 nitrogen and oxygen atoms in total. The summed E-state index contributed by atoms with van der Waals surface area (Å²) in [5, 5.41) is 0.755. The fourth-order valence-electron chi connectivity index (χ4n) is 4.19. The van der Waals surface area contributed by atoms with Crippen molar-refractivity contribution < 1.29 is 0 Å². The first-order valence-electron chi connectivity index (χ1n) is 10.5. The number of fused-ring (bicyclic) bond motifs is 1. The van der Waals surface area contributed by atoms with E-state index in [2.05, 4.69) is 43.7 Å². The molecule has 1 aromatic carbocycles. The molecule has 5 heteroatoms. The number of aryl methyl sites for hydroxylation is 1. The Hall–Kier alpha value is -1.72. The molecule has 1 fully saturated rings. The van der Waals surface area contributed by atoms with Crippen LogP contribution in [-0.2, 0) is 13.0 Å². The number of likely N-dealkylation sites (N-methyl/N-ethyl adjacent to an activating group) is 1. The van der Waals surface area contributed by atoms with Gasteiger partial charge in [-0.1, -0.05) is 26.3 Å². The summed E-state index contributed by atoms with van der Waals surface area (Å²) in [6.07, 6.45) is 4.22. The minimum atomic E-state index is 0.112. The van der Waals surface area contributed by atoms with Crippen LogP contribution in [-0.4, -0.2) is 52.6 Å². The summed E-state index contributed by atoms with van der Waals surface area (Å²) in [5.74, 6) is 0.950. The zero-order chi connectivity index (χ0) is 19.4. The van der Waals surface area contributed by atoms with Gasteiger partial charge in [0.05, 0.1) is 16.9 Å². The third kappa shape index (κ3) is 4.25. The summed E-state index contributed by atoms with van der Waals surface area (Å²) in [4.78, 5) is 23.2. The molecular formula is C22H34N4O. The van der Waals surface area contributed by atoms with E-state index in [1.165, 1.54) is 12.0 Å². The summed E-state index contributed by atoms with van der Waals surface area (Å²) in [7, 11) is 2.19. The Morgan fingerprint density at radius 1 is 1.11 bits per heavy atom. The van der Waals surface area contributed by atoms with Gasteiger partial charge < -0.3 is 4.90 Å². The van der Waals surface area contributed by atoms with Gasteiger partial charge in [0.2, 0.25) is 0 Å². The molecule has 0 spiro atoms. The van der Waals surface area contributed by atoms with E-state index < -0.39 is 0 Å². The van der Waals surface area contributed by atoms with Crippen LogP contribution < -0.4 is 5.56 Å². The van der Waals surface area contributed by atoms with Gasteiger partial charge in [-0.15, -0.1) is 0 Å². The third-order valence-corrected chi connectivity index (χ3v) is 5.83. The van der Waals surface area contributed by atoms with Crippen molar-refractivity contribution in [2.75, 3.05) is 33.2 Å². The van der Waals surface area contributed by atoms with E-state index in [4.69, 9.17) is 4.98 Å². The summed E-state index contributed by atoms with van der Waals surface area (Å²) in [6, 6.07) is 6.36. The molecule has 3 rings (SSSR count). The molecule has 0 unspecified atom stereocenters. The van der Waals surface area contributed by atoms with Crippen LogP contribution in [0.15, 0.2) is 23.0 Å². The first-order chi connectivity index (χ1) is 13.1. The molecule has 0 N–H and O–H groups in total. The lowest BCUT2D eigenvalue weighted by atomic mass is 10.1. The Balaban J connectivity index is 2.09.